The minimum Gasteiger partial charge on any atom is -0.380 e. The Kier molecular flexibility index (Phi) is 4.03. The number of amides is 3. The van der Waals surface area contributed by atoms with Gasteiger partial charge in [-0.3, -0.25) is 9.69 Å². The van der Waals surface area contributed by atoms with Crippen LogP contribution in [0.2, 0.25) is 0 Å². The number of imide groups is 1. The van der Waals surface area contributed by atoms with Crippen molar-refractivity contribution in [3.8, 4) is 0 Å². The van der Waals surface area contributed by atoms with E-state index >= 15 is 0 Å². The lowest BCUT2D eigenvalue weighted by molar-refractivity contribution is -0.131. The Hall–Kier alpha value is -1.24. The Morgan fingerprint density at radius 3 is 2.68 bits per heavy atom. The molecule has 1 heterocycles. The number of alkyl halides is 2. The number of hydrogen-bond donors (Lipinski definition) is 0. The van der Waals surface area contributed by atoms with Crippen LogP contribution in [-0.4, -0.2) is 60.5 Å². The highest BCUT2D eigenvalue weighted by atomic mass is 19.3. The molecule has 0 aromatic carbocycles. The van der Waals surface area contributed by atoms with Gasteiger partial charge in [0, 0.05) is 45.0 Å². The SMILES string of the molecule is CCOCCN1CCC(=O)N(CC2CC2(F)F)C1=O. The summed E-state index contributed by atoms with van der Waals surface area (Å²) in [6.07, 6.45) is -0.0425. The lowest BCUT2D eigenvalue weighted by Crippen LogP contribution is -2.53. The Morgan fingerprint density at radius 1 is 1.42 bits per heavy atom. The van der Waals surface area contributed by atoms with E-state index in [0.717, 1.165) is 4.90 Å². The molecule has 1 saturated carbocycles. The second-order valence-electron chi connectivity index (χ2n) is 4.88. The number of nitrogens with zero attached hydrogens (tertiary/aromatic N) is 2. The van der Waals surface area contributed by atoms with Gasteiger partial charge in [0.1, 0.15) is 0 Å². The van der Waals surface area contributed by atoms with E-state index in [2.05, 4.69) is 0 Å². The highest BCUT2D eigenvalue weighted by Crippen LogP contribution is 2.49. The first-order chi connectivity index (χ1) is 8.95. The molecule has 19 heavy (non-hydrogen) atoms. The predicted octanol–water partition coefficient (Wildman–Crippen LogP) is 1.33. The third-order valence-electron chi connectivity index (χ3n) is 3.47. The molecule has 1 atom stereocenters. The quantitative estimate of drug-likeness (QED) is 0.688. The van der Waals surface area contributed by atoms with Gasteiger partial charge in [-0.15, -0.1) is 0 Å². The topological polar surface area (TPSA) is 49.9 Å². The minimum absolute atomic E-state index is 0.171. The van der Waals surface area contributed by atoms with Crippen LogP contribution in [0.1, 0.15) is 19.8 Å². The van der Waals surface area contributed by atoms with Gasteiger partial charge < -0.3 is 9.64 Å². The standard InChI is InChI=1S/C12H18F2N2O3/c1-2-19-6-5-15-4-3-10(17)16(11(15)18)8-9-7-12(9,13)14/h9H,2-8H2,1H3. The molecule has 3 amide bonds. The fourth-order valence-corrected chi connectivity index (χ4v) is 2.13. The van der Waals surface area contributed by atoms with Crippen LogP contribution in [0.25, 0.3) is 0 Å². The molecule has 0 spiro atoms. The first-order valence-corrected chi connectivity index (χ1v) is 6.50. The summed E-state index contributed by atoms with van der Waals surface area (Å²) in [5.74, 6) is -3.94. The monoisotopic (exact) mass is 276 g/mol. The zero-order chi connectivity index (χ0) is 14.0. The fourth-order valence-electron chi connectivity index (χ4n) is 2.13. The Morgan fingerprint density at radius 2 is 2.11 bits per heavy atom. The summed E-state index contributed by atoms with van der Waals surface area (Å²) in [6.45, 7) is 3.35. The molecule has 1 aliphatic carbocycles. The lowest BCUT2D eigenvalue weighted by atomic mass is 10.2. The zero-order valence-corrected chi connectivity index (χ0v) is 10.9. The van der Waals surface area contributed by atoms with Crippen molar-refractivity contribution >= 4 is 11.9 Å². The van der Waals surface area contributed by atoms with Crippen molar-refractivity contribution < 1.29 is 23.1 Å². The molecule has 0 N–H and O–H groups in total. The molecule has 2 aliphatic rings. The molecular weight excluding hydrogens is 258 g/mol. The minimum atomic E-state index is -2.71. The van der Waals surface area contributed by atoms with Gasteiger partial charge in [0.25, 0.3) is 5.92 Å². The summed E-state index contributed by atoms with van der Waals surface area (Å²) in [5.41, 5.74) is 0. The average molecular weight is 276 g/mol. The summed E-state index contributed by atoms with van der Waals surface area (Å²) < 4.78 is 30.9. The maximum atomic E-state index is 12.9. The number of ether oxygens (including phenoxy) is 1. The number of hydrogen-bond acceptors (Lipinski definition) is 3. The second-order valence-corrected chi connectivity index (χ2v) is 4.88. The third-order valence-corrected chi connectivity index (χ3v) is 3.47. The molecule has 1 aliphatic heterocycles. The smallest absolute Gasteiger partial charge is 0.326 e. The Labute approximate surface area is 110 Å². The van der Waals surface area contributed by atoms with E-state index < -0.39 is 17.9 Å². The van der Waals surface area contributed by atoms with Crippen molar-refractivity contribution in [1.29, 1.82) is 0 Å². The van der Waals surface area contributed by atoms with E-state index in [1.54, 1.807) is 0 Å². The predicted molar refractivity (Wildman–Crippen MR) is 62.8 cm³/mol. The van der Waals surface area contributed by atoms with Crippen molar-refractivity contribution in [3.63, 3.8) is 0 Å². The van der Waals surface area contributed by atoms with Crippen LogP contribution < -0.4 is 0 Å². The van der Waals surface area contributed by atoms with Crippen molar-refractivity contribution in [2.45, 2.75) is 25.7 Å². The number of carbonyl (C=O) groups excluding carboxylic acids is 2. The highest BCUT2D eigenvalue weighted by molar-refractivity contribution is 5.96. The molecule has 2 rings (SSSR count). The van der Waals surface area contributed by atoms with E-state index in [1.807, 2.05) is 6.92 Å². The van der Waals surface area contributed by atoms with Gasteiger partial charge >= 0.3 is 6.03 Å². The van der Waals surface area contributed by atoms with Crippen molar-refractivity contribution in [2.75, 3.05) is 32.8 Å². The maximum Gasteiger partial charge on any atom is 0.326 e. The van der Waals surface area contributed by atoms with E-state index in [9.17, 15) is 18.4 Å². The van der Waals surface area contributed by atoms with Crippen LogP contribution >= 0.6 is 0 Å². The van der Waals surface area contributed by atoms with Gasteiger partial charge in [-0.05, 0) is 6.92 Å². The van der Waals surface area contributed by atoms with Gasteiger partial charge in [0.05, 0.1) is 6.61 Å². The van der Waals surface area contributed by atoms with Gasteiger partial charge in [0.15, 0.2) is 0 Å². The van der Waals surface area contributed by atoms with Gasteiger partial charge in [0.2, 0.25) is 5.91 Å². The number of rotatable bonds is 6. The molecule has 7 heteroatoms. The molecular formula is C12H18F2N2O3. The van der Waals surface area contributed by atoms with Crippen molar-refractivity contribution in [2.24, 2.45) is 5.92 Å². The molecule has 0 aromatic rings. The lowest BCUT2D eigenvalue weighted by Gasteiger charge is -2.34. The summed E-state index contributed by atoms with van der Waals surface area (Å²) in [6, 6.07) is -0.473. The summed E-state index contributed by atoms with van der Waals surface area (Å²) in [5, 5.41) is 0. The highest BCUT2D eigenvalue weighted by Gasteiger charge is 2.58. The molecule has 5 nitrogen and oxygen atoms in total. The van der Waals surface area contributed by atoms with E-state index in [1.165, 1.54) is 4.90 Å². The molecule has 1 saturated heterocycles. The third kappa shape index (κ3) is 3.20. The fraction of sp³-hybridized carbons (Fsp3) is 0.833. The number of urea groups is 1. The van der Waals surface area contributed by atoms with Crippen LogP contribution in [0.5, 0.6) is 0 Å². The largest absolute Gasteiger partial charge is 0.380 e. The molecule has 108 valence electrons. The van der Waals surface area contributed by atoms with E-state index in [0.29, 0.717) is 26.3 Å². The number of carbonyl (C=O) groups is 2. The Bertz CT molecular complexity index is 376. The Balaban J connectivity index is 1.89. The normalized spacial score (nSPS) is 25.9. The summed E-state index contributed by atoms with van der Waals surface area (Å²) in [4.78, 5) is 26.1. The molecule has 0 radical (unpaired) electrons. The van der Waals surface area contributed by atoms with Crippen LogP contribution in [0, 0.1) is 5.92 Å². The number of halogens is 2. The average Bonchev–Trinajstić information content (AvgIpc) is 2.95. The second kappa shape index (κ2) is 5.40. The van der Waals surface area contributed by atoms with Crippen LogP contribution in [0.3, 0.4) is 0 Å². The summed E-state index contributed by atoms with van der Waals surface area (Å²) in [7, 11) is 0. The first-order valence-electron chi connectivity index (χ1n) is 6.50. The van der Waals surface area contributed by atoms with Gasteiger partial charge in [-0.2, -0.15) is 0 Å². The van der Waals surface area contributed by atoms with Crippen molar-refractivity contribution in [1.82, 2.24) is 9.80 Å². The van der Waals surface area contributed by atoms with Gasteiger partial charge in [-0.1, -0.05) is 0 Å². The van der Waals surface area contributed by atoms with Crippen LogP contribution in [0.15, 0.2) is 0 Å². The summed E-state index contributed by atoms with van der Waals surface area (Å²) >= 11 is 0. The maximum absolute atomic E-state index is 12.9. The molecule has 2 fully saturated rings. The van der Waals surface area contributed by atoms with E-state index in [-0.39, 0.29) is 25.3 Å². The van der Waals surface area contributed by atoms with Crippen LogP contribution in [-0.2, 0) is 9.53 Å². The molecule has 0 bridgehead atoms. The first kappa shape index (κ1) is 14.2. The van der Waals surface area contributed by atoms with Gasteiger partial charge in [-0.25, -0.2) is 13.6 Å². The van der Waals surface area contributed by atoms with Crippen molar-refractivity contribution in [3.05, 3.63) is 0 Å². The van der Waals surface area contributed by atoms with Crippen LogP contribution in [0.4, 0.5) is 13.6 Å². The molecule has 1 unspecified atom stereocenters. The molecule has 0 aromatic heterocycles. The van der Waals surface area contributed by atoms with E-state index in [4.69, 9.17) is 4.74 Å². The zero-order valence-electron chi connectivity index (χ0n) is 10.9.